The van der Waals surface area contributed by atoms with Gasteiger partial charge in [0.15, 0.2) is 0 Å². The first-order valence-corrected chi connectivity index (χ1v) is 29.9. The maximum Gasteiger partial charge on any atom is 0.303 e. The molecule has 440 valence electrons. The van der Waals surface area contributed by atoms with Gasteiger partial charge in [0.1, 0.15) is 0 Å². The van der Waals surface area contributed by atoms with Crippen LogP contribution < -0.4 is 0 Å². The molecule has 14 heteroatoms. The molecular formula is C60H123BO12Zn. The minimum absolute atomic E-state index is 0. The van der Waals surface area contributed by atoms with Crippen molar-refractivity contribution in [2.75, 3.05) is 0 Å². The molecule has 0 aromatic heterocycles. The van der Waals surface area contributed by atoms with Gasteiger partial charge in [-0.15, -0.1) is 0 Å². The van der Waals surface area contributed by atoms with E-state index in [1.807, 2.05) is 0 Å². The molecule has 0 saturated heterocycles. The normalized spacial score (nSPS) is 9.81. The predicted octanol–water partition coefficient (Wildman–Crippen LogP) is 18.1. The van der Waals surface area contributed by atoms with E-state index in [0.717, 1.165) is 77.0 Å². The van der Waals surface area contributed by atoms with Gasteiger partial charge in [-0.3, -0.25) is 28.8 Å². The van der Waals surface area contributed by atoms with Gasteiger partial charge < -0.3 is 30.6 Å². The summed E-state index contributed by atoms with van der Waals surface area (Å²) in [6, 6.07) is 0. The van der Waals surface area contributed by atoms with Crippen LogP contribution in [-0.4, -0.2) is 74.9 Å². The second kappa shape index (κ2) is 84.5. The van der Waals surface area contributed by atoms with Crippen LogP contribution in [0.15, 0.2) is 0 Å². The van der Waals surface area contributed by atoms with Crippen LogP contribution >= 0.6 is 0 Å². The van der Waals surface area contributed by atoms with Gasteiger partial charge in [0, 0.05) is 58.0 Å². The summed E-state index contributed by atoms with van der Waals surface area (Å²) in [7, 11) is 0. The summed E-state index contributed by atoms with van der Waals surface area (Å²) in [4.78, 5) is 60.8. The first-order chi connectivity index (χ1) is 34.6. The molecule has 0 aliphatic rings. The maximum absolute atomic E-state index is 10.1. The van der Waals surface area contributed by atoms with Crippen molar-refractivity contribution in [1.82, 2.24) is 0 Å². The summed E-state index contributed by atoms with van der Waals surface area (Å²) in [5.74, 6) is -3.98. The van der Waals surface area contributed by atoms with Gasteiger partial charge >= 0.3 is 35.8 Å². The molecule has 74 heavy (non-hydrogen) atoms. The van der Waals surface area contributed by atoms with Gasteiger partial charge in [-0.2, -0.15) is 0 Å². The summed E-state index contributed by atoms with van der Waals surface area (Å²) in [6.07, 6.45) is 51.9. The molecule has 6 N–H and O–H groups in total. The fourth-order valence-electron chi connectivity index (χ4n) is 7.40. The van der Waals surface area contributed by atoms with E-state index in [2.05, 4.69) is 41.5 Å². The molecule has 0 rings (SSSR count). The van der Waals surface area contributed by atoms with Crippen molar-refractivity contribution < 1.29 is 78.9 Å². The Labute approximate surface area is 470 Å². The smallest absolute Gasteiger partial charge is 0.303 e. The van der Waals surface area contributed by atoms with E-state index in [4.69, 9.17) is 30.6 Å². The summed E-state index contributed by atoms with van der Waals surface area (Å²) in [5, 5.41) is 50.1. The van der Waals surface area contributed by atoms with E-state index in [9.17, 15) is 28.8 Å². The van der Waals surface area contributed by atoms with Gasteiger partial charge in [-0.05, 0) is 38.5 Å². The number of carboxylic acids is 6. The van der Waals surface area contributed by atoms with Gasteiger partial charge in [-0.25, -0.2) is 0 Å². The minimum atomic E-state index is -0.663. The first kappa shape index (κ1) is 88.1. The maximum atomic E-state index is 10.1. The SMILES string of the molecule is B.CCCCCCCCCC(=O)O.CCCCCCCCCC(=O)O.CCCCCCCCCC(=O)O.CCCCCCCCCC(=O)O.CCCCCCCCCC(=O)O.CCCCCCCCCC(=O)O.[Zn]. The fraction of sp³-hybridized carbons (Fsp3) is 0.900. The van der Waals surface area contributed by atoms with Gasteiger partial charge in [0.05, 0.1) is 8.41 Å². The number of rotatable bonds is 48. The zero-order valence-corrected chi connectivity index (χ0v) is 51.7. The second-order valence-electron chi connectivity index (χ2n) is 19.6. The summed E-state index contributed by atoms with van der Waals surface area (Å²) in [5.41, 5.74) is 0. The van der Waals surface area contributed by atoms with Crippen molar-refractivity contribution in [3.8, 4) is 0 Å². The molecule has 0 bridgehead atoms. The Kier molecular flexibility index (Phi) is 101. The topological polar surface area (TPSA) is 224 Å². The molecule has 0 heterocycles. The molecule has 0 aliphatic heterocycles. The number of hydrogen-bond acceptors (Lipinski definition) is 6. The van der Waals surface area contributed by atoms with Crippen molar-refractivity contribution >= 4 is 44.2 Å². The number of carboxylic acid groups (broad SMARTS) is 6. The van der Waals surface area contributed by atoms with Crippen molar-refractivity contribution in [3.63, 3.8) is 0 Å². The molecule has 0 saturated carbocycles. The van der Waals surface area contributed by atoms with Crippen LogP contribution in [-0.2, 0) is 48.2 Å². The van der Waals surface area contributed by atoms with Gasteiger partial charge in [0.2, 0.25) is 0 Å². The Morgan fingerprint density at radius 1 is 0.189 bits per heavy atom. The van der Waals surface area contributed by atoms with Crippen LogP contribution in [0.5, 0.6) is 0 Å². The molecule has 0 atom stereocenters. The Hall–Kier alpha value is -2.49. The van der Waals surface area contributed by atoms with Crippen molar-refractivity contribution in [1.29, 1.82) is 0 Å². The Balaban J connectivity index is -0.000000117. The van der Waals surface area contributed by atoms with E-state index < -0.39 is 35.8 Å². The summed E-state index contributed by atoms with van der Waals surface area (Å²) in [6.45, 7) is 13.2. The molecule has 0 radical (unpaired) electrons. The van der Waals surface area contributed by atoms with Gasteiger partial charge in [-0.1, -0.05) is 273 Å². The van der Waals surface area contributed by atoms with Crippen LogP contribution in [0, 0.1) is 0 Å². The zero-order valence-electron chi connectivity index (χ0n) is 48.8. The molecule has 0 aromatic carbocycles. The largest absolute Gasteiger partial charge is 0.481 e. The minimum Gasteiger partial charge on any atom is -0.481 e. The quantitative estimate of drug-likeness (QED) is 0.0247. The van der Waals surface area contributed by atoms with Gasteiger partial charge in [0.25, 0.3) is 0 Å². The second-order valence-corrected chi connectivity index (χ2v) is 19.6. The number of hydrogen-bond donors (Lipinski definition) is 6. The van der Waals surface area contributed by atoms with Crippen LogP contribution in [0.25, 0.3) is 0 Å². The third kappa shape index (κ3) is 123. The van der Waals surface area contributed by atoms with E-state index >= 15 is 0 Å². The monoisotopic (exact) mass is 1110 g/mol. The number of unbranched alkanes of at least 4 members (excludes halogenated alkanes) is 36. The van der Waals surface area contributed by atoms with E-state index in [1.165, 1.54) is 193 Å². The predicted molar refractivity (Wildman–Crippen MR) is 311 cm³/mol. The third-order valence-electron chi connectivity index (χ3n) is 12.0. The molecule has 0 fully saturated rings. The first-order valence-electron chi connectivity index (χ1n) is 29.9. The van der Waals surface area contributed by atoms with E-state index in [-0.39, 0.29) is 27.9 Å². The summed E-state index contributed by atoms with van der Waals surface area (Å²) < 4.78 is 0. The van der Waals surface area contributed by atoms with Crippen LogP contribution in [0.2, 0.25) is 0 Å². The van der Waals surface area contributed by atoms with E-state index in [1.54, 1.807) is 0 Å². The Bertz CT molecular complexity index is 895. The van der Waals surface area contributed by atoms with Crippen LogP contribution in [0.1, 0.15) is 350 Å². The summed E-state index contributed by atoms with van der Waals surface area (Å²) >= 11 is 0. The van der Waals surface area contributed by atoms with Crippen molar-refractivity contribution in [2.45, 2.75) is 350 Å². The average Bonchev–Trinajstić information content (AvgIpc) is 3.33. The molecule has 0 amide bonds. The Morgan fingerprint density at radius 3 is 0.351 bits per heavy atom. The molecule has 0 unspecified atom stereocenters. The number of aliphatic carboxylic acids is 6. The van der Waals surface area contributed by atoms with Crippen molar-refractivity contribution in [3.05, 3.63) is 0 Å². The van der Waals surface area contributed by atoms with Crippen LogP contribution in [0.3, 0.4) is 0 Å². The third-order valence-corrected chi connectivity index (χ3v) is 12.0. The van der Waals surface area contributed by atoms with E-state index in [0.29, 0.717) is 38.5 Å². The zero-order chi connectivity index (χ0) is 55.4. The fourth-order valence-corrected chi connectivity index (χ4v) is 7.40. The average molecular weight is 1110 g/mol. The Morgan fingerprint density at radius 2 is 0.270 bits per heavy atom. The van der Waals surface area contributed by atoms with Crippen LogP contribution in [0.4, 0.5) is 0 Å². The molecule has 0 spiro atoms. The molecule has 12 nitrogen and oxygen atoms in total. The molecule has 0 aromatic rings. The molecule has 0 aliphatic carbocycles. The molecular weight excluding hydrogens is 989 g/mol. The number of carbonyl (C=O) groups is 6. The standard InChI is InChI=1S/6C10H20O2.BH3.Zn/c6*1-2-3-4-5-6-7-8-9-10(11)12;;/h6*2-9H2,1H3,(H,11,12);1H3;. The van der Waals surface area contributed by atoms with Crippen molar-refractivity contribution in [2.24, 2.45) is 0 Å².